The highest BCUT2D eigenvalue weighted by Gasteiger charge is 2.09. The van der Waals surface area contributed by atoms with E-state index in [0.29, 0.717) is 0 Å². The molecule has 3 aromatic rings. The van der Waals surface area contributed by atoms with Gasteiger partial charge < -0.3 is 5.32 Å². The molecule has 2 aromatic carbocycles. The number of hydrogen-bond donors (Lipinski definition) is 1. The van der Waals surface area contributed by atoms with Gasteiger partial charge in [0, 0.05) is 16.1 Å². The van der Waals surface area contributed by atoms with Crippen molar-refractivity contribution in [1.82, 2.24) is 4.98 Å². The van der Waals surface area contributed by atoms with Gasteiger partial charge in [0.15, 0.2) is 5.13 Å². The Balaban J connectivity index is 1.89. The number of benzene rings is 2. The number of para-hydroxylation sites is 1. The molecular formula is C17H16N2S. The minimum absolute atomic E-state index is 0.935. The maximum absolute atomic E-state index is 4.71. The largest absolute Gasteiger partial charge is 0.332 e. The number of hydrogen-bond acceptors (Lipinski definition) is 3. The van der Waals surface area contributed by atoms with Gasteiger partial charge in [0.05, 0.1) is 5.69 Å². The number of aromatic nitrogens is 1. The van der Waals surface area contributed by atoms with Crippen LogP contribution in [0.3, 0.4) is 0 Å². The van der Waals surface area contributed by atoms with E-state index in [2.05, 4.69) is 43.4 Å². The molecular weight excluding hydrogens is 264 g/mol. The lowest BCUT2D eigenvalue weighted by atomic mass is 10.1. The molecule has 1 N–H and O–H groups in total. The minimum Gasteiger partial charge on any atom is -0.332 e. The van der Waals surface area contributed by atoms with Gasteiger partial charge in [-0.25, -0.2) is 4.98 Å². The lowest BCUT2D eigenvalue weighted by molar-refractivity contribution is 1.35. The van der Waals surface area contributed by atoms with E-state index in [9.17, 15) is 0 Å². The van der Waals surface area contributed by atoms with Crippen LogP contribution >= 0.6 is 11.3 Å². The highest BCUT2D eigenvalue weighted by atomic mass is 32.1. The summed E-state index contributed by atoms with van der Waals surface area (Å²) >= 11 is 1.69. The van der Waals surface area contributed by atoms with Gasteiger partial charge in [-0.1, -0.05) is 48.0 Å². The van der Waals surface area contributed by atoms with Gasteiger partial charge in [-0.05, 0) is 26.0 Å². The summed E-state index contributed by atoms with van der Waals surface area (Å²) in [6.45, 7) is 4.21. The summed E-state index contributed by atoms with van der Waals surface area (Å²) in [7, 11) is 0. The van der Waals surface area contributed by atoms with E-state index in [1.165, 1.54) is 16.0 Å². The summed E-state index contributed by atoms with van der Waals surface area (Å²) in [5.41, 5.74) is 4.57. The van der Waals surface area contributed by atoms with Crippen molar-refractivity contribution < 1.29 is 0 Å². The fourth-order valence-corrected chi connectivity index (χ4v) is 2.93. The molecule has 0 atom stereocenters. The average molecular weight is 280 g/mol. The second-order valence-electron chi connectivity index (χ2n) is 4.78. The van der Waals surface area contributed by atoms with Crippen LogP contribution in [0.5, 0.6) is 0 Å². The molecule has 0 radical (unpaired) electrons. The van der Waals surface area contributed by atoms with Crippen LogP contribution in [0.1, 0.15) is 10.4 Å². The maximum Gasteiger partial charge on any atom is 0.187 e. The summed E-state index contributed by atoms with van der Waals surface area (Å²) in [4.78, 5) is 5.94. The molecule has 3 rings (SSSR count). The molecule has 100 valence electrons. The Morgan fingerprint density at radius 3 is 2.30 bits per heavy atom. The molecule has 0 aliphatic heterocycles. The van der Waals surface area contributed by atoms with E-state index in [-0.39, 0.29) is 0 Å². The van der Waals surface area contributed by atoms with Crippen molar-refractivity contribution in [1.29, 1.82) is 0 Å². The van der Waals surface area contributed by atoms with Crippen molar-refractivity contribution in [2.45, 2.75) is 13.8 Å². The first-order chi connectivity index (χ1) is 9.72. The zero-order valence-corrected chi connectivity index (χ0v) is 12.4. The summed E-state index contributed by atoms with van der Waals surface area (Å²) in [6.07, 6.45) is 0. The summed E-state index contributed by atoms with van der Waals surface area (Å²) in [6, 6.07) is 18.6. The lowest BCUT2D eigenvalue weighted by Gasteiger charge is -2.01. The van der Waals surface area contributed by atoms with Crippen LogP contribution in [0.2, 0.25) is 0 Å². The first-order valence-corrected chi connectivity index (χ1v) is 7.40. The van der Waals surface area contributed by atoms with Crippen molar-refractivity contribution in [3.63, 3.8) is 0 Å². The van der Waals surface area contributed by atoms with Crippen molar-refractivity contribution in [2.75, 3.05) is 5.32 Å². The van der Waals surface area contributed by atoms with Crippen molar-refractivity contribution in [3.8, 4) is 11.3 Å². The average Bonchev–Trinajstić information content (AvgIpc) is 2.81. The van der Waals surface area contributed by atoms with Crippen molar-refractivity contribution >= 4 is 22.2 Å². The molecule has 3 heteroatoms. The first-order valence-electron chi connectivity index (χ1n) is 6.59. The topological polar surface area (TPSA) is 24.9 Å². The molecule has 0 spiro atoms. The van der Waals surface area contributed by atoms with E-state index in [1.807, 2.05) is 30.3 Å². The molecule has 0 amide bonds. The zero-order valence-electron chi connectivity index (χ0n) is 11.6. The van der Waals surface area contributed by atoms with Crippen LogP contribution in [0.4, 0.5) is 10.8 Å². The Bertz CT molecular complexity index is 700. The fourth-order valence-electron chi connectivity index (χ4n) is 2.07. The van der Waals surface area contributed by atoms with E-state index in [0.717, 1.165) is 16.5 Å². The molecule has 0 saturated carbocycles. The summed E-state index contributed by atoms with van der Waals surface area (Å²) in [5, 5.41) is 4.29. The molecule has 0 saturated heterocycles. The number of rotatable bonds is 3. The highest BCUT2D eigenvalue weighted by molar-refractivity contribution is 7.16. The van der Waals surface area contributed by atoms with E-state index in [1.54, 1.807) is 11.3 Å². The number of nitrogens with zero attached hydrogens (tertiary/aromatic N) is 1. The first kappa shape index (κ1) is 12.9. The van der Waals surface area contributed by atoms with Gasteiger partial charge in [-0.3, -0.25) is 0 Å². The highest BCUT2D eigenvalue weighted by Crippen LogP contribution is 2.31. The smallest absolute Gasteiger partial charge is 0.187 e. The van der Waals surface area contributed by atoms with Crippen molar-refractivity contribution in [3.05, 3.63) is 65.0 Å². The van der Waals surface area contributed by atoms with E-state index in [4.69, 9.17) is 4.98 Å². The number of thiazole rings is 1. The molecule has 1 heterocycles. The Morgan fingerprint density at radius 2 is 1.60 bits per heavy atom. The second kappa shape index (κ2) is 5.47. The molecule has 20 heavy (non-hydrogen) atoms. The third kappa shape index (κ3) is 2.73. The molecule has 0 unspecified atom stereocenters. The van der Waals surface area contributed by atoms with Gasteiger partial charge in [0.25, 0.3) is 0 Å². The SMILES string of the molecule is Cc1ccc(-c2nc(Nc3ccccc3)sc2C)cc1. The van der Waals surface area contributed by atoms with Crippen molar-refractivity contribution in [2.24, 2.45) is 0 Å². The molecule has 0 fully saturated rings. The Morgan fingerprint density at radius 1 is 0.900 bits per heavy atom. The monoisotopic (exact) mass is 280 g/mol. The quantitative estimate of drug-likeness (QED) is 0.716. The fraction of sp³-hybridized carbons (Fsp3) is 0.118. The lowest BCUT2D eigenvalue weighted by Crippen LogP contribution is -1.88. The number of nitrogens with one attached hydrogen (secondary N) is 1. The minimum atomic E-state index is 0.935. The Labute approximate surface area is 123 Å². The number of aryl methyl sites for hydroxylation is 2. The zero-order chi connectivity index (χ0) is 13.9. The van der Waals surface area contributed by atoms with Gasteiger partial charge >= 0.3 is 0 Å². The number of anilines is 2. The van der Waals surface area contributed by atoms with Crippen LogP contribution in [0, 0.1) is 13.8 Å². The molecule has 0 aliphatic carbocycles. The van der Waals surface area contributed by atoms with Gasteiger partial charge in [-0.2, -0.15) is 0 Å². The second-order valence-corrected chi connectivity index (χ2v) is 5.98. The van der Waals surface area contributed by atoms with Gasteiger partial charge in [0.1, 0.15) is 0 Å². The molecule has 0 bridgehead atoms. The third-order valence-electron chi connectivity index (χ3n) is 3.15. The van der Waals surface area contributed by atoms with Crippen LogP contribution in [-0.2, 0) is 0 Å². The standard InChI is InChI=1S/C17H16N2S/c1-12-8-10-14(11-9-12)16-13(2)20-17(19-16)18-15-6-4-3-5-7-15/h3-11H,1-2H3,(H,18,19). The van der Waals surface area contributed by atoms with Crippen LogP contribution in [0.25, 0.3) is 11.3 Å². The van der Waals surface area contributed by atoms with Crippen LogP contribution < -0.4 is 5.32 Å². The Kier molecular flexibility index (Phi) is 3.52. The predicted molar refractivity (Wildman–Crippen MR) is 86.7 cm³/mol. The van der Waals surface area contributed by atoms with Crippen LogP contribution in [0.15, 0.2) is 54.6 Å². The Hall–Kier alpha value is -2.13. The maximum atomic E-state index is 4.71. The van der Waals surface area contributed by atoms with E-state index >= 15 is 0 Å². The molecule has 0 aliphatic rings. The third-order valence-corrected chi connectivity index (χ3v) is 4.03. The summed E-state index contributed by atoms with van der Waals surface area (Å²) < 4.78 is 0. The normalized spacial score (nSPS) is 10.5. The van der Waals surface area contributed by atoms with Gasteiger partial charge in [0.2, 0.25) is 0 Å². The predicted octanol–water partition coefficient (Wildman–Crippen LogP) is 5.17. The van der Waals surface area contributed by atoms with Gasteiger partial charge in [-0.15, -0.1) is 11.3 Å². The van der Waals surface area contributed by atoms with E-state index < -0.39 is 0 Å². The summed E-state index contributed by atoms with van der Waals surface area (Å²) in [5.74, 6) is 0. The van der Waals surface area contributed by atoms with Crippen LogP contribution in [-0.4, -0.2) is 4.98 Å². The molecule has 2 nitrogen and oxygen atoms in total. The molecule has 1 aromatic heterocycles.